The molecule has 0 radical (unpaired) electrons. The molecule has 1 unspecified atom stereocenters. The van der Waals surface area contributed by atoms with Crippen molar-refractivity contribution in [1.29, 1.82) is 10.5 Å². The molecule has 19 heavy (non-hydrogen) atoms. The van der Waals surface area contributed by atoms with E-state index in [2.05, 4.69) is 17.9 Å². The molecule has 0 aromatic carbocycles. The van der Waals surface area contributed by atoms with Crippen molar-refractivity contribution in [3.63, 3.8) is 0 Å². The molecule has 0 aliphatic rings. The van der Waals surface area contributed by atoms with Gasteiger partial charge in [0, 0.05) is 11.6 Å². The Kier molecular flexibility index (Phi) is 11.7. The van der Waals surface area contributed by atoms with Crippen molar-refractivity contribution in [2.45, 2.75) is 19.8 Å². The molecule has 1 atom stereocenters. The summed E-state index contributed by atoms with van der Waals surface area (Å²) < 4.78 is 4.66. The van der Waals surface area contributed by atoms with Crippen molar-refractivity contribution in [3.8, 4) is 12.1 Å². The van der Waals surface area contributed by atoms with Gasteiger partial charge in [-0.05, 0) is 6.42 Å². The van der Waals surface area contributed by atoms with Crippen LogP contribution in [0.4, 0.5) is 0 Å². The summed E-state index contributed by atoms with van der Waals surface area (Å²) in [5.41, 5.74) is -0.0625. The Morgan fingerprint density at radius 3 is 2.32 bits per heavy atom. The van der Waals surface area contributed by atoms with Gasteiger partial charge in [0.05, 0.1) is 24.5 Å². The van der Waals surface area contributed by atoms with E-state index in [4.69, 9.17) is 15.6 Å². The Morgan fingerprint density at radius 2 is 2.05 bits per heavy atom. The lowest BCUT2D eigenvalue weighted by Gasteiger charge is -2.04. The van der Waals surface area contributed by atoms with Crippen LogP contribution < -0.4 is 0 Å². The number of esters is 1. The average Bonchev–Trinajstić information content (AvgIpc) is 2.40. The third kappa shape index (κ3) is 11.7. The van der Waals surface area contributed by atoms with Crippen LogP contribution in [0.5, 0.6) is 0 Å². The van der Waals surface area contributed by atoms with Gasteiger partial charge in [0.2, 0.25) is 0 Å². The van der Waals surface area contributed by atoms with Gasteiger partial charge < -0.3 is 9.84 Å². The molecule has 0 saturated carbocycles. The monoisotopic (exact) mass is 264 g/mol. The van der Waals surface area contributed by atoms with Gasteiger partial charge in [-0.2, -0.15) is 10.5 Å². The number of carboxylic acid groups (broad SMARTS) is 1. The van der Waals surface area contributed by atoms with Crippen LogP contribution in [-0.4, -0.2) is 23.7 Å². The predicted molar refractivity (Wildman–Crippen MR) is 67.6 cm³/mol. The molecule has 0 fully saturated rings. The van der Waals surface area contributed by atoms with Crippen LogP contribution in [0.15, 0.2) is 24.8 Å². The number of carboxylic acids is 1. The standard InChI is InChI=1S/C8H11NO2.C5H5NO2/c1-3-7(5-9)6-11-8(10)4-2;1-4(2-3-6)5(7)8/h4,7H,2-3,6H2,1H3;1-2H2,(H,7,8). The predicted octanol–water partition coefficient (Wildman–Crippen LogP) is 1.81. The number of rotatable bonds is 6. The summed E-state index contributed by atoms with van der Waals surface area (Å²) in [7, 11) is 0. The van der Waals surface area contributed by atoms with Gasteiger partial charge in [-0.1, -0.05) is 20.1 Å². The fourth-order valence-corrected chi connectivity index (χ4v) is 0.659. The van der Waals surface area contributed by atoms with Crippen molar-refractivity contribution in [2.24, 2.45) is 5.92 Å². The lowest BCUT2D eigenvalue weighted by atomic mass is 10.1. The minimum absolute atomic E-state index is 0.0625. The fourth-order valence-electron chi connectivity index (χ4n) is 0.659. The van der Waals surface area contributed by atoms with Gasteiger partial charge in [-0.3, -0.25) is 0 Å². The number of hydrogen-bond acceptors (Lipinski definition) is 5. The lowest BCUT2D eigenvalue weighted by molar-refractivity contribution is -0.138. The van der Waals surface area contributed by atoms with E-state index in [9.17, 15) is 9.59 Å². The molecule has 0 aliphatic carbocycles. The molecule has 0 saturated heterocycles. The Bertz CT molecular complexity index is 415. The highest BCUT2D eigenvalue weighted by molar-refractivity contribution is 5.86. The summed E-state index contributed by atoms with van der Waals surface area (Å²) in [4.78, 5) is 20.3. The summed E-state index contributed by atoms with van der Waals surface area (Å²) in [5.74, 6) is -1.77. The minimum atomic E-state index is -1.11. The van der Waals surface area contributed by atoms with Crippen molar-refractivity contribution in [2.75, 3.05) is 6.61 Å². The second-order valence-electron chi connectivity index (χ2n) is 3.31. The lowest BCUT2D eigenvalue weighted by Crippen LogP contribution is -2.10. The maximum absolute atomic E-state index is 10.5. The van der Waals surface area contributed by atoms with Crippen LogP contribution >= 0.6 is 0 Å². The third-order valence-corrected chi connectivity index (χ3v) is 1.86. The maximum atomic E-state index is 10.5. The summed E-state index contributed by atoms with van der Waals surface area (Å²) in [6.45, 7) is 8.39. The van der Waals surface area contributed by atoms with E-state index in [1.807, 2.05) is 13.0 Å². The highest BCUT2D eigenvalue weighted by atomic mass is 16.5. The number of nitrogens with zero attached hydrogens (tertiary/aromatic N) is 2. The molecule has 0 spiro atoms. The number of hydrogen-bond donors (Lipinski definition) is 1. The quantitative estimate of drug-likeness (QED) is 0.578. The Hall–Kier alpha value is -2.60. The summed E-state index contributed by atoms with van der Waals surface area (Å²) >= 11 is 0. The molecule has 0 aromatic rings. The number of ether oxygens (including phenoxy) is 1. The van der Waals surface area contributed by atoms with Gasteiger partial charge in [0.25, 0.3) is 0 Å². The number of carbonyl (C=O) groups is 2. The molecule has 0 aliphatic heterocycles. The Balaban J connectivity index is 0. The zero-order valence-corrected chi connectivity index (χ0v) is 10.8. The van der Waals surface area contributed by atoms with Crippen molar-refractivity contribution >= 4 is 11.9 Å². The molecule has 6 heteroatoms. The highest BCUT2D eigenvalue weighted by Gasteiger charge is 2.05. The molecule has 0 rings (SSSR count). The van der Waals surface area contributed by atoms with Gasteiger partial charge in [0.1, 0.15) is 6.61 Å². The first-order chi connectivity index (χ1) is 8.92. The minimum Gasteiger partial charge on any atom is -0.478 e. The zero-order chi connectivity index (χ0) is 15.3. The van der Waals surface area contributed by atoms with Crippen LogP contribution in [-0.2, 0) is 14.3 Å². The zero-order valence-electron chi connectivity index (χ0n) is 10.8. The van der Waals surface area contributed by atoms with Crippen LogP contribution in [0.25, 0.3) is 0 Å². The van der Waals surface area contributed by atoms with E-state index in [-0.39, 0.29) is 24.5 Å². The first kappa shape index (κ1) is 18.8. The number of nitriles is 2. The Morgan fingerprint density at radius 1 is 1.47 bits per heavy atom. The molecule has 6 nitrogen and oxygen atoms in total. The molecule has 0 amide bonds. The number of carbonyl (C=O) groups excluding carboxylic acids is 1. The second kappa shape index (κ2) is 11.9. The first-order valence-corrected chi connectivity index (χ1v) is 5.39. The van der Waals surface area contributed by atoms with Crippen molar-refractivity contribution in [1.82, 2.24) is 0 Å². The van der Waals surface area contributed by atoms with E-state index in [1.54, 1.807) is 6.07 Å². The SMILES string of the molecule is C=C(CC#N)C(=O)O.C=CC(=O)OCC(C#N)CC. The maximum Gasteiger partial charge on any atom is 0.332 e. The first-order valence-electron chi connectivity index (χ1n) is 5.39. The normalized spacial score (nSPS) is 9.63. The van der Waals surface area contributed by atoms with Crippen molar-refractivity contribution < 1.29 is 19.4 Å². The molecular formula is C13H16N2O4. The van der Waals surface area contributed by atoms with Crippen LogP contribution in [0, 0.1) is 28.6 Å². The van der Waals surface area contributed by atoms with Crippen LogP contribution in [0.1, 0.15) is 19.8 Å². The van der Waals surface area contributed by atoms with E-state index < -0.39 is 11.9 Å². The van der Waals surface area contributed by atoms with Gasteiger partial charge >= 0.3 is 11.9 Å². The molecular weight excluding hydrogens is 248 g/mol. The number of aliphatic carboxylic acids is 1. The summed E-state index contributed by atoms with van der Waals surface area (Å²) in [5, 5.41) is 24.4. The molecule has 1 N–H and O–H groups in total. The largest absolute Gasteiger partial charge is 0.478 e. The molecule has 0 aromatic heterocycles. The van der Waals surface area contributed by atoms with Gasteiger partial charge in [-0.15, -0.1) is 0 Å². The van der Waals surface area contributed by atoms with Gasteiger partial charge in [0.15, 0.2) is 0 Å². The summed E-state index contributed by atoms with van der Waals surface area (Å²) in [6, 6.07) is 3.69. The van der Waals surface area contributed by atoms with E-state index in [0.717, 1.165) is 6.08 Å². The topological polar surface area (TPSA) is 111 Å². The third-order valence-electron chi connectivity index (χ3n) is 1.86. The molecule has 0 heterocycles. The second-order valence-corrected chi connectivity index (χ2v) is 3.31. The average molecular weight is 264 g/mol. The summed E-state index contributed by atoms with van der Waals surface area (Å²) in [6.07, 6.45) is 1.68. The fraction of sp³-hybridized carbons (Fsp3) is 0.385. The van der Waals surface area contributed by atoms with E-state index in [0.29, 0.717) is 6.42 Å². The molecule has 0 bridgehead atoms. The molecule has 102 valence electrons. The smallest absolute Gasteiger partial charge is 0.332 e. The van der Waals surface area contributed by atoms with Crippen molar-refractivity contribution in [3.05, 3.63) is 24.8 Å². The highest BCUT2D eigenvalue weighted by Crippen LogP contribution is 2.00. The van der Waals surface area contributed by atoms with E-state index in [1.165, 1.54) is 0 Å². The van der Waals surface area contributed by atoms with Crippen LogP contribution in [0.2, 0.25) is 0 Å². The van der Waals surface area contributed by atoms with Crippen LogP contribution in [0.3, 0.4) is 0 Å². The van der Waals surface area contributed by atoms with Gasteiger partial charge in [-0.25, -0.2) is 9.59 Å². The van der Waals surface area contributed by atoms with E-state index >= 15 is 0 Å². The Labute approximate surface area is 112 Å².